The summed E-state index contributed by atoms with van der Waals surface area (Å²) in [5, 5.41) is 7.01. The highest BCUT2D eigenvalue weighted by atomic mass is 32.2. The standard InChI is InChI=1S/C16H17N3O2S2/c1-10-4-5-13(8-11(10)2)19-23(20,21)16-7-6-15(22-16)14-9-12(3)17-18-14/h4-9,19H,1-3H3,(H,17,18). The van der Waals surface area contributed by atoms with Gasteiger partial charge in [-0.2, -0.15) is 5.10 Å². The van der Waals surface area contributed by atoms with Crippen LogP contribution in [0.15, 0.2) is 40.6 Å². The summed E-state index contributed by atoms with van der Waals surface area (Å²) >= 11 is 1.20. The number of thiophene rings is 1. The highest BCUT2D eigenvalue weighted by Gasteiger charge is 2.18. The summed E-state index contributed by atoms with van der Waals surface area (Å²) < 4.78 is 27.9. The first-order valence-electron chi connectivity index (χ1n) is 7.07. The van der Waals surface area contributed by atoms with E-state index in [1.165, 1.54) is 11.3 Å². The Morgan fingerprint density at radius 1 is 1.04 bits per heavy atom. The highest BCUT2D eigenvalue weighted by Crippen LogP contribution is 2.31. The van der Waals surface area contributed by atoms with Crippen LogP contribution in [-0.4, -0.2) is 18.6 Å². The Balaban J connectivity index is 1.88. The molecule has 3 aromatic rings. The molecule has 0 unspecified atom stereocenters. The molecule has 0 spiro atoms. The van der Waals surface area contributed by atoms with Crippen molar-refractivity contribution in [3.63, 3.8) is 0 Å². The van der Waals surface area contributed by atoms with Gasteiger partial charge in [-0.3, -0.25) is 9.82 Å². The molecule has 2 heterocycles. The predicted octanol–water partition coefficient (Wildman–Crippen LogP) is 3.86. The van der Waals surface area contributed by atoms with E-state index in [-0.39, 0.29) is 4.21 Å². The fourth-order valence-electron chi connectivity index (χ4n) is 2.16. The molecule has 0 radical (unpaired) electrons. The van der Waals surface area contributed by atoms with Crippen LogP contribution in [0.25, 0.3) is 10.6 Å². The van der Waals surface area contributed by atoms with Crippen LogP contribution < -0.4 is 4.72 Å². The van der Waals surface area contributed by atoms with Crippen molar-refractivity contribution < 1.29 is 8.42 Å². The molecule has 1 aromatic carbocycles. The van der Waals surface area contributed by atoms with Gasteiger partial charge in [-0.1, -0.05) is 6.07 Å². The Hall–Kier alpha value is -2.12. The van der Waals surface area contributed by atoms with E-state index in [4.69, 9.17) is 0 Å². The lowest BCUT2D eigenvalue weighted by Gasteiger charge is -2.08. The first kappa shape index (κ1) is 15.8. The first-order valence-corrected chi connectivity index (χ1v) is 9.37. The quantitative estimate of drug-likeness (QED) is 0.752. The average Bonchev–Trinajstić information content (AvgIpc) is 3.11. The Kier molecular flexibility index (Phi) is 3.99. The normalized spacial score (nSPS) is 11.6. The zero-order valence-electron chi connectivity index (χ0n) is 13.0. The molecule has 23 heavy (non-hydrogen) atoms. The van der Waals surface area contributed by atoms with Gasteiger partial charge in [0.2, 0.25) is 0 Å². The van der Waals surface area contributed by atoms with Gasteiger partial charge in [0.15, 0.2) is 0 Å². The molecule has 0 amide bonds. The second kappa shape index (κ2) is 5.82. The Labute approximate surface area is 139 Å². The molecule has 5 nitrogen and oxygen atoms in total. The minimum absolute atomic E-state index is 0.270. The molecule has 0 aliphatic rings. The van der Waals surface area contributed by atoms with Crippen molar-refractivity contribution >= 4 is 27.0 Å². The van der Waals surface area contributed by atoms with E-state index in [0.29, 0.717) is 5.69 Å². The Morgan fingerprint density at radius 3 is 2.48 bits per heavy atom. The summed E-state index contributed by atoms with van der Waals surface area (Å²) in [6.07, 6.45) is 0. The summed E-state index contributed by atoms with van der Waals surface area (Å²) in [5.74, 6) is 0. The van der Waals surface area contributed by atoms with Crippen molar-refractivity contribution in [2.24, 2.45) is 0 Å². The fourth-order valence-corrected chi connectivity index (χ4v) is 4.47. The number of aromatic amines is 1. The van der Waals surface area contributed by atoms with Gasteiger partial charge in [-0.15, -0.1) is 11.3 Å². The van der Waals surface area contributed by atoms with Gasteiger partial charge in [0.05, 0.1) is 4.88 Å². The summed E-state index contributed by atoms with van der Waals surface area (Å²) in [4.78, 5) is 0.815. The molecule has 2 aromatic heterocycles. The Bertz CT molecular complexity index is 955. The van der Waals surface area contributed by atoms with Gasteiger partial charge in [0.25, 0.3) is 10.0 Å². The van der Waals surface area contributed by atoms with E-state index >= 15 is 0 Å². The van der Waals surface area contributed by atoms with Crippen molar-refractivity contribution in [1.29, 1.82) is 0 Å². The maximum Gasteiger partial charge on any atom is 0.271 e. The van der Waals surface area contributed by atoms with Crippen LogP contribution in [0.3, 0.4) is 0 Å². The van der Waals surface area contributed by atoms with Gasteiger partial charge in [0.1, 0.15) is 9.90 Å². The number of nitrogens with one attached hydrogen (secondary N) is 2. The number of aromatic nitrogens is 2. The molecule has 0 bridgehead atoms. The topological polar surface area (TPSA) is 74.8 Å². The molecular weight excluding hydrogens is 330 g/mol. The van der Waals surface area contributed by atoms with Crippen molar-refractivity contribution in [3.8, 4) is 10.6 Å². The second-order valence-electron chi connectivity index (χ2n) is 5.46. The van der Waals surface area contributed by atoms with Gasteiger partial charge >= 0.3 is 0 Å². The maximum atomic E-state index is 12.5. The smallest absolute Gasteiger partial charge is 0.271 e. The largest absolute Gasteiger partial charge is 0.282 e. The lowest BCUT2D eigenvalue weighted by Crippen LogP contribution is -2.11. The number of benzene rings is 1. The van der Waals surface area contributed by atoms with E-state index in [1.54, 1.807) is 18.2 Å². The second-order valence-corrected chi connectivity index (χ2v) is 8.45. The summed E-state index contributed by atoms with van der Waals surface area (Å²) in [7, 11) is -3.59. The Morgan fingerprint density at radius 2 is 1.83 bits per heavy atom. The molecule has 0 atom stereocenters. The predicted molar refractivity (Wildman–Crippen MR) is 93.4 cm³/mol. The number of nitrogens with zero attached hydrogens (tertiary/aromatic N) is 1. The minimum atomic E-state index is -3.59. The molecule has 7 heteroatoms. The number of anilines is 1. The van der Waals surface area contributed by atoms with Crippen LogP contribution in [0.5, 0.6) is 0 Å². The van der Waals surface area contributed by atoms with Gasteiger partial charge < -0.3 is 0 Å². The number of sulfonamides is 1. The first-order chi connectivity index (χ1) is 10.8. The third kappa shape index (κ3) is 3.30. The van der Waals surface area contributed by atoms with Crippen LogP contribution >= 0.6 is 11.3 Å². The maximum absolute atomic E-state index is 12.5. The van der Waals surface area contributed by atoms with Crippen LogP contribution in [0, 0.1) is 20.8 Å². The molecule has 0 aliphatic carbocycles. The van der Waals surface area contributed by atoms with Crippen molar-refractivity contribution in [2.45, 2.75) is 25.0 Å². The summed E-state index contributed by atoms with van der Waals surface area (Å²) in [6, 6.07) is 10.8. The van der Waals surface area contributed by atoms with E-state index in [1.807, 2.05) is 39.0 Å². The molecule has 2 N–H and O–H groups in total. The molecule has 0 saturated carbocycles. The van der Waals surface area contributed by atoms with Gasteiger partial charge in [-0.05, 0) is 62.2 Å². The van der Waals surface area contributed by atoms with Gasteiger partial charge in [-0.25, -0.2) is 8.42 Å². The number of hydrogen-bond donors (Lipinski definition) is 2. The summed E-state index contributed by atoms with van der Waals surface area (Å²) in [6.45, 7) is 5.85. The van der Waals surface area contributed by atoms with E-state index in [2.05, 4.69) is 14.9 Å². The molecule has 3 rings (SSSR count). The molecule has 0 aliphatic heterocycles. The third-order valence-corrected chi connectivity index (χ3v) is 6.54. The zero-order chi connectivity index (χ0) is 16.6. The number of hydrogen-bond acceptors (Lipinski definition) is 4. The fraction of sp³-hybridized carbons (Fsp3) is 0.188. The van der Waals surface area contributed by atoms with Crippen LogP contribution in [0.4, 0.5) is 5.69 Å². The lowest BCUT2D eigenvalue weighted by atomic mass is 10.1. The van der Waals surface area contributed by atoms with Crippen LogP contribution in [0.2, 0.25) is 0 Å². The molecule has 120 valence electrons. The zero-order valence-corrected chi connectivity index (χ0v) is 14.7. The molecule has 0 fully saturated rings. The van der Waals surface area contributed by atoms with Gasteiger partial charge in [0, 0.05) is 11.4 Å². The van der Waals surface area contributed by atoms with E-state index in [9.17, 15) is 8.42 Å². The lowest BCUT2D eigenvalue weighted by molar-refractivity contribution is 0.603. The number of H-pyrrole nitrogens is 1. The van der Waals surface area contributed by atoms with Crippen molar-refractivity contribution in [1.82, 2.24) is 10.2 Å². The summed E-state index contributed by atoms with van der Waals surface area (Å²) in [5.41, 5.74) is 4.43. The SMILES string of the molecule is Cc1cc(-c2ccc(S(=O)(=O)Nc3ccc(C)c(C)c3)s2)n[nH]1. The monoisotopic (exact) mass is 347 g/mol. The highest BCUT2D eigenvalue weighted by molar-refractivity contribution is 7.94. The average molecular weight is 347 g/mol. The van der Waals surface area contributed by atoms with Crippen LogP contribution in [0.1, 0.15) is 16.8 Å². The molecule has 0 saturated heterocycles. The van der Waals surface area contributed by atoms with E-state index < -0.39 is 10.0 Å². The minimum Gasteiger partial charge on any atom is -0.282 e. The number of aryl methyl sites for hydroxylation is 3. The third-order valence-electron chi connectivity index (χ3n) is 3.56. The molecular formula is C16H17N3O2S2. The number of rotatable bonds is 4. The van der Waals surface area contributed by atoms with Crippen molar-refractivity contribution in [3.05, 3.63) is 53.2 Å². The van der Waals surface area contributed by atoms with Crippen molar-refractivity contribution in [2.75, 3.05) is 4.72 Å². The van der Waals surface area contributed by atoms with Crippen LogP contribution in [-0.2, 0) is 10.0 Å². The van der Waals surface area contributed by atoms with E-state index in [0.717, 1.165) is 27.4 Å².